The number of fused-ring (bicyclic) bond motifs is 1. The summed E-state index contributed by atoms with van der Waals surface area (Å²) in [5, 5.41) is 26.9. The van der Waals surface area contributed by atoms with Crippen LogP contribution in [0.2, 0.25) is 0 Å². The van der Waals surface area contributed by atoms with Crippen LogP contribution in [0.15, 0.2) is 30.4 Å². The first-order valence-corrected chi connectivity index (χ1v) is 6.84. The van der Waals surface area contributed by atoms with E-state index in [2.05, 4.69) is 18.2 Å². The minimum Gasteiger partial charge on any atom is -0.508 e. The van der Waals surface area contributed by atoms with Gasteiger partial charge in [-0.15, -0.1) is 0 Å². The molecule has 0 spiro atoms. The number of aromatic hydroxyl groups is 1. The highest BCUT2D eigenvalue weighted by Crippen LogP contribution is 2.46. The molecule has 0 fully saturated rings. The van der Waals surface area contributed by atoms with E-state index in [-0.39, 0.29) is 17.6 Å². The van der Waals surface area contributed by atoms with E-state index in [1.54, 1.807) is 6.07 Å². The minimum absolute atomic E-state index is 0.00912. The molecule has 0 radical (unpaired) electrons. The summed E-state index contributed by atoms with van der Waals surface area (Å²) in [6, 6.07) is 7.20. The zero-order valence-electron chi connectivity index (χ0n) is 11.0. The van der Waals surface area contributed by atoms with Crippen LogP contribution in [0, 0.1) is 28.6 Å². The molecule has 1 aromatic rings. The van der Waals surface area contributed by atoms with Gasteiger partial charge < -0.3 is 9.84 Å². The Bertz CT molecular complexity index is 615. The lowest BCUT2D eigenvalue weighted by Crippen LogP contribution is -2.34. The fraction of sp³-hybridized carbons (Fsp3) is 0.375. The minimum atomic E-state index is -0.538. The Morgan fingerprint density at radius 2 is 2.20 bits per heavy atom. The zero-order valence-corrected chi connectivity index (χ0v) is 11.0. The van der Waals surface area contributed by atoms with Gasteiger partial charge >= 0.3 is 0 Å². The Kier molecular flexibility index (Phi) is 3.19. The van der Waals surface area contributed by atoms with Crippen molar-refractivity contribution in [2.75, 3.05) is 0 Å². The van der Waals surface area contributed by atoms with E-state index in [0.29, 0.717) is 11.7 Å². The van der Waals surface area contributed by atoms with Gasteiger partial charge in [0.2, 0.25) is 5.90 Å². The number of nitriles is 1. The molecule has 3 atom stereocenters. The highest BCUT2D eigenvalue weighted by molar-refractivity contribution is 5.84. The lowest BCUT2D eigenvalue weighted by Gasteiger charge is -2.36. The summed E-state index contributed by atoms with van der Waals surface area (Å²) in [5.41, 5.74) is 0.936. The summed E-state index contributed by atoms with van der Waals surface area (Å²) in [5.74, 6) is 0.406. The first kappa shape index (κ1) is 12.7. The van der Waals surface area contributed by atoms with Gasteiger partial charge in [0, 0.05) is 17.5 Å². The fourth-order valence-electron chi connectivity index (χ4n) is 3.22. The average Bonchev–Trinajstić information content (AvgIpc) is 2.46. The Hall–Kier alpha value is -2.28. The molecule has 0 saturated carbocycles. The highest BCUT2D eigenvalue weighted by atomic mass is 16.5. The van der Waals surface area contributed by atoms with Gasteiger partial charge in [-0.25, -0.2) is 0 Å². The molecule has 1 aliphatic heterocycles. The van der Waals surface area contributed by atoms with Crippen molar-refractivity contribution in [3.8, 4) is 17.6 Å². The second-order valence-electron chi connectivity index (χ2n) is 5.37. The van der Waals surface area contributed by atoms with E-state index in [9.17, 15) is 10.4 Å². The Morgan fingerprint density at radius 1 is 1.35 bits per heavy atom. The molecule has 4 heteroatoms. The van der Waals surface area contributed by atoms with Crippen molar-refractivity contribution in [3.05, 3.63) is 35.9 Å². The Balaban J connectivity index is 2.06. The third-order valence-corrected chi connectivity index (χ3v) is 4.17. The maximum absolute atomic E-state index is 9.57. The number of benzene rings is 1. The molecule has 2 aliphatic rings. The predicted molar refractivity (Wildman–Crippen MR) is 74.8 cm³/mol. The van der Waals surface area contributed by atoms with E-state index >= 15 is 0 Å². The number of allylic oxidation sites excluding steroid dienone is 2. The van der Waals surface area contributed by atoms with Gasteiger partial charge in [0.15, 0.2) is 0 Å². The van der Waals surface area contributed by atoms with Crippen LogP contribution in [0.3, 0.4) is 0 Å². The summed E-state index contributed by atoms with van der Waals surface area (Å²) in [4.78, 5) is 0. The lowest BCUT2D eigenvalue weighted by molar-refractivity contribution is 0.319. The van der Waals surface area contributed by atoms with Crippen molar-refractivity contribution >= 4 is 5.90 Å². The van der Waals surface area contributed by atoms with Crippen molar-refractivity contribution in [2.24, 2.45) is 11.8 Å². The third-order valence-electron chi connectivity index (χ3n) is 4.17. The van der Waals surface area contributed by atoms with E-state index in [1.165, 1.54) is 6.07 Å². The molecule has 1 heterocycles. The second kappa shape index (κ2) is 5.01. The van der Waals surface area contributed by atoms with E-state index in [1.807, 2.05) is 6.07 Å². The molecular formula is C16H16N2O2. The van der Waals surface area contributed by atoms with Crippen molar-refractivity contribution in [1.29, 1.82) is 10.7 Å². The summed E-state index contributed by atoms with van der Waals surface area (Å²) >= 11 is 0. The van der Waals surface area contributed by atoms with Crippen LogP contribution in [0.25, 0.3) is 0 Å². The monoisotopic (exact) mass is 268 g/mol. The standard InChI is InChI=1S/C16H16N2O2/c17-9-13-15(10-4-2-1-3-5-10)12-7-6-11(19)8-14(12)20-16(13)18/h1-2,6-8,10,13,15,18-19H,3-5H2. The van der Waals surface area contributed by atoms with Crippen molar-refractivity contribution in [2.45, 2.75) is 25.2 Å². The van der Waals surface area contributed by atoms with Crippen molar-refractivity contribution < 1.29 is 9.84 Å². The van der Waals surface area contributed by atoms with Gasteiger partial charge in [0.25, 0.3) is 0 Å². The molecule has 0 bridgehead atoms. The largest absolute Gasteiger partial charge is 0.508 e. The first-order valence-electron chi connectivity index (χ1n) is 6.84. The molecule has 0 saturated heterocycles. The molecule has 0 amide bonds. The SMILES string of the molecule is N#CC1C(=N)Oc2cc(O)ccc2C1C1CC=CCC1. The third kappa shape index (κ3) is 2.05. The molecule has 3 rings (SSSR count). The molecule has 0 aromatic heterocycles. The quantitative estimate of drug-likeness (QED) is 0.767. The van der Waals surface area contributed by atoms with E-state index in [4.69, 9.17) is 10.1 Å². The first-order chi connectivity index (χ1) is 9.70. The van der Waals surface area contributed by atoms with E-state index in [0.717, 1.165) is 24.8 Å². The van der Waals surface area contributed by atoms with Crippen LogP contribution in [-0.2, 0) is 0 Å². The van der Waals surface area contributed by atoms with Gasteiger partial charge in [-0.2, -0.15) is 5.26 Å². The summed E-state index contributed by atoms with van der Waals surface area (Å²) < 4.78 is 5.42. The summed E-state index contributed by atoms with van der Waals surface area (Å²) in [6.07, 6.45) is 7.28. The van der Waals surface area contributed by atoms with Crippen LogP contribution >= 0.6 is 0 Å². The summed E-state index contributed by atoms with van der Waals surface area (Å²) in [7, 11) is 0. The normalized spacial score (nSPS) is 28.4. The van der Waals surface area contributed by atoms with Gasteiger partial charge in [0.05, 0.1) is 6.07 Å². The molecular weight excluding hydrogens is 252 g/mol. The number of phenolic OH excluding ortho intramolecular Hbond substituents is 1. The molecule has 3 unspecified atom stereocenters. The van der Waals surface area contributed by atoms with E-state index < -0.39 is 5.92 Å². The van der Waals surface area contributed by atoms with Gasteiger partial charge in [-0.3, -0.25) is 5.41 Å². The zero-order chi connectivity index (χ0) is 14.1. The predicted octanol–water partition coefficient (Wildman–Crippen LogP) is 3.34. The number of phenols is 1. The van der Waals surface area contributed by atoms with Gasteiger partial charge in [-0.1, -0.05) is 18.2 Å². The number of ether oxygens (including phenoxy) is 1. The smallest absolute Gasteiger partial charge is 0.205 e. The molecule has 4 nitrogen and oxygen atoms in total. The molecule has 1 aromatic carbocycles. The Labute approximate surface area is 117 Å². The fourth-order valence-corrected chi connectivity index (χ4v) is 3.22. The molecule has 20 heavy (non-hydrogen) atoms. The topological polar surface area (TPSA) is 77.1 Å². The highest BCUT2D eigenvalue weighted by Gasteiger charge is 2.40. The summed E-state index contributed by atoms with van der Waals surface area (Å²) in [6.45, 7) is 0. The van der Waals surface area contributed by atoms with Gasteiger partial charge in [0.1, 0.15) is 17.4 Å². The molecule has 1 aliphatic carbocycles. The molecule has 102 valence electrons. The van der Waals surface area contributed by atoms with Crippen LogP contribution < -0.4 is 4.74 Å². The number of nitrogens with zero attached hydrogens (tertiary/aromatic N) is 1. The number of nitrogens with one attached hydrogen (secondary N) is 1. The second-order valence-corrected chi connectivity index (χ2v) is 5.37. The lowest BCUT2D eigenvalue weighted by atomic mass is 9.71. The number of hydrogen-bond acceptors (Lipinski definition) is 4. The Morgan fingerprint density at radius 3 is 2.90 bits per heavy atom. The molecule has 2 N–H and O–H groups in total. The van der Waals surface area contributed by atoms with Crippen molar-refractivity contribution in [3.63, 3.8) is 0 Å². The maximum Gasteiger partial charge on any atom is 0.205 e. The average molecular weight is 268 g/mol. The van der Waals surface area contributed by atoms with Crippen molar-refractivity contribution in [1.82, 2.24) is 0 Å². The van der Waals surface area contributed by atoms with Crippen LogP contribution in [0.4, 0.5) is 0 Å². The van der Waals surface area contributed by atoms with Crippen LogP contribution in [-0.4, -0.2) is 11.0 Å². The maximum atomic E-state index is 9.57. The van der Waals surface area contributed by atoms with Gasteiger partial charge in [-0.05, 0) is 31.2 Å². The van der Waals surface area contributed by atoms with Crippen LogP contribution in [0.1, 0.15) is 30.7 Å². The number of rotatable bonds is 1. The van der Waals surface area contributed by atoms with Crippen LogP contribution in [0.5, 0.6) is 11.5 Å². The number of hydrogen-bond donors (Lipinski definition) is 2.